The van der Waals surface area contributed by atoms with Crippen molar-refractivity contribution in [3.63, 3.8) is 0 Å². The highest BCUT2D eigenvalue weighted by Crippen LogP contribution is 2.33. The summed E-state index contributed by atoms with van der Waals surface area (Å²) in [6, 6.07) is 3.29. The molecule has 0 bridgehead atoms. The highest BCUT2D eigenvalue weighted by atomic mass is 19.4. The van der Waals surface area contributed by atoms with Crippen LogP contribution in [-0.2, 0) is 11.0 Å². The van der Waals surface area contributed by atoms with Crippen molar-refractivity contribution in [2.75, 3.05) is 5.32 Å². The number of hydrogen-bond acceptors (Lipinski definition) is 2. The number of anilines is 1. The molecule has 5 nitrogen and oxygen atoms in total. The molecule has 0 atom stereocenters. The molecule has 1 fully saturated rings. The van der Waals surface area contributed by atoms with Gasteiger partial charge in [-0.3, -0.25) is 0 Å². The van der Waals surface area contributed by atoms with Crippen LogP contribution in [0.1, 0.15) is 24.8 Å². The normalized spacial score (nSPS) is 16.7. The van der Waals surface area contributed by atoms with Crippen LogP contribution in [0, 0.1) is 0 Å². The fourth-order valence-corrected chi connectivity index (χ4v) is 2.08. The lowest BCUT2D eigenvalue weighted by molar-refractivity contribution is -0.148. The van der Waals surface area contributed by atoms with Gasteiger partial charge in [-0.05, 0) is 37.5 Å². The Kier molecular flexibility index (Phi) is 3.80. The number of carboxylic acids is 1. The zero-order chi connectivity index (χ0) is 15.7. The van der Waals surface area contributed by atoms with E-state index in [0.29, 0.717) is 19.3 Å². The molecular formula is C13H13F3N2O3. The number of carbonyl (C=O) groups is 2. The van der Waals surface area contributed by atoms with Crippen LogP contribution >= 0.6 is 0 Å². The second-order valence-electron chi connectivity index (χ2n) is 4.90. The molecule has 8 heteroatoms. The van der Waals surface area contributed by atoms with Gasteiger partial charge in [-0.25, -0.2) is 9.59 Å². The van der Waals surface area contributed by atoms with E-state index in [2.05, 4.69) is 10.6 Å². The van der Waals surface area contributed by atoms with Crippen molar-refractivity contribution >= 4 is 17.7 Å². The number of nitrogens with one attached hydrogen (secondary N) is 2. The van der Waals surface area contributed by atoms with Gasteiger partial charge in [0.25, 0.3) is 0 Å². The van der Waals surface area contributed by atoms with Gasteiger partial charge in [0, 0.05) is 5.69 Å². The predicted octanol–water partition coefficient (Wildman–Crippen LogP) is 2.83. The molecule has 2 amide bonds. The third kappa shape index (κ3) is 3.26. The number of benzene rings is 1. The maximum atomic E-state index is 12.5. The lowest BCUT2D eigenvalue weighted by Crippen LogP contribution is -2.60. The van der Waals surface area contributed by atoms with Crippen molar-refractivity contribution in [1.82, 2.24) is 5.32 Å². The summed E-state index contributed by atoms with van der Waals surface area (Å²) in [5, 5.41) is 13.6. The van der Waals surface area contributed by atoms with Crippen molar-refractivity contribution in [3.8, 4) is 0 Å². The first-order valence-electron chi connectivity index (χ1n) is 6.23. The van der Waals surface area contributed by atoms with Crippen molar-refractivity contribution in [2.24, 2.45) is 0 Å². The molecule has 1 aliphatic rings. The summed E-state index contributed by atoms with van der Waals surface area (Å²) in [5.74, 6) is -1.15. The van der Waals surface area contributed by atoms with E-state index in [4.69, 9.17) is 5.11 Å². The molecule has 0 aliphatic heterocycles. The second-order valence-corrected chi connectivity index (χ2v) is 4.90. The summed E-state index contributed by atoms with van der Waals surface area (Å²) in [7, 11) is 0. The van der Waals surface area contributed by atoms with Gasteiger partial charge in [-0.1, -0.05) is 6.07 Å². The number of carbonyl (C=O) groups excluding carboxylic acids is 1. The average molecular weight is 302 g/mol. The van der Waals surface area contributed by atoms with Crippen LogP contribution in [0.3, 0.4) is 0 Å². The fraction of sp³-hybridized carbons (Fsp3) is 0.385. The minimum absolute atomic E-state index is 0.0535. The molecule has 0 heterocycles. The number of amides is 2. The Labute approximate surface area is 118 Å². The van der Waals surface area contributed by atoms with E-state index in [1.54, 1.807) is 0 Å². The molecule has 1 saturated carbocycles. The SMILES string of the molecule is O=C(Nc1cccc(C(F)(F)F)c1)NC1(C(=O)O)CCC1. The lowest BCUT2D eigenvalue weighted by atomic mass is 9.77. The quantitative estimate of drug-likeness (QED) is 0.803. The van der Waals surface area contributed by atoms with Crippen molar-refractivity contribution in [3.05, 3.63) is 29.8 Å². The minimum atomic E-state index is -4.51. The molecule has 0 spiro atoms. The van der Waals surface area contributed by atoms with Crippen molar-refractivity contribution in [1.29, 1.82) is 0 Å². The number of hydrogen-bond donors (Lipinski definition) is 3. The van der Waals surface area contributed by atoms with E-state index in [-0.39, 0.29) is 5.69 Å². The van der Waals surface area contributed by atoms with Gasteiger partial charge in [0.05, 0.1) is 5.56 Å². The van der Waals surface area contributed by atoms with E-state index in [0.717, 1.165) is 18.2 Å². The zero-order valence-electron chi connectivity index (χ0n) is 10.8. The Morgan fingerprint density at radius 1 is 1.24 bits per heavy atom. The van der Waals surface area contributed by atoms with E-state index < -0.39 is 29.3 Å². The molecule has 1 aliphatic carbocycles. The minimum Gasteiger partial charge on any atom is -0.480 e. The summed E-state index contributed by atoms with van der Waals surface area (Å²) in [4.78, 5) is 22.8. The topological polar surface area (TPSA) is 78.4 Å². The Balaban J connectivity index is 2.05. The molecular weight excluding hydrogens is 289 g/mol. The molecule has 2 rings (SSSR count). The standard InChI is InChI=1S/C13H13F3N2O3/c14-13(15,16)8-3-1-4-9(7-8)17-11(21)18-12(10(19)20)5-2-6-12/h1,3-4,7H,2,5-6H2,(H,19,20)(H2,17,18,21). The Bertz CT molecular complexity index is 568. The molecule has 0 unspecified atom stereocenters. The third-order valence-corrected chi connectivity index (χ3v) is 3.42. The largest absolute Gasteiger partial charge is 0.480 e. The Morgan fingerprint density at radius 3 is 2.38 bits per heavy atom. The van der Waals surface area contributed by atoms with Gasteiger partial charge < -0.3 is 15.7 Å². The summed E-state index contributed by atoms with van der Waals surface area (Å²) in [6.45, 7) is 0. The van der Waals surface area contributed by atoms with Crippen LogP contribution in [0.25, 0.3) is 0 Å². The highest BCUT2D eigenvalue weighted by molar-refractivity contribution is 5.94. The number of carboxylic acid groups (broad SMARTS) is 1. The molecule has 0 saturated heterocycles. The van der Waals surface area contributed by atoms with Gasteiger partial charge in [-0.15, -0.1) is 0 Å². The van der Waals surface area contributed by atoms with Crippen LogP contribution in [0.5, 0.6) is 0 Å². The van der Waals surface area contributed by atoms with Gasteiger partial charge in [-0.2, -0.15) is 13.2 Å². The predicted molar refractivity (Wildman–Crippen MR) is 67.8 cm³/mol. The monoisotopic (exact) mass is 302 g/mol. The summed E-state index contributed by atoms with van der Waals surface area (Å²) < 4.78 is 37.6. The van der Waals surface area contributed by atoms with E-state index in [9.17, 15) is 22.8 Å². The number of rotatable bonds is 3. The van der Waals surface area contributed by atoms with Crippen LogP contribution in [0.2, 0.25) is 0 Å². The molecule has 0 aromatic heterocycles. The van der Waals surface area contributed by atoms with Crippen LogP contribution < -0.4 is 10.6 Å². The van der Waals surface area contributed by atoms with Gasteiger partial charge >= 0.3 is 18.2 Å². The van der Waals surface area contributed by atoms with Crippen LogP contribution in [-0.4, -0.2) is 22.6 Å². The first-order chi connectivity index (χ1) is 9.73. The van der Waals surface area contributed by atoms with E-state index in [1.807, 2.05) is 0 Å². The zero-order valence-corrected chi connectivity index (χ0v) is 10.8. The summed E-state index contributed by atoms with van der Waals surface area (Å²) in [5.41, 5.74) is -2.26. The molecule has 114 valence electrons. The molecule has 0 radical (unpaired) electrons. The number of alkyl halides is 3. The lowest BCUT2D eigenvalue weighted by Gasteiger charge is -2.38. The number of halogens is 3. The first kappa shape index (κ1) is 15.1. The smallest absolute Gasteiger partial charge is 0.416 e. The van der Waals surface area contributed by atoms with Crippen molar-refractivity contribution in [2.45, 2.75) is 31.0 Å². The third-order valence-electron chi connectivity index (χ3n) is 3.42. The molecule has 3 N–H and O–H groups in total. The summed E-state index contributed by atoms with van der Waals surface area (Å²) in [6.07, 6.45) is -3.22. The summed E-state index contributed by atoms with van der Waals surface area (Å²) >= 11 is 0. The maximum absolute atomic E-state index is 12.5. The van der Waals surface area contributed by atoms with Crippen LogP contribution in [0.15, 0.2) is 24.3 Å². The van der Waals surface area contributed by atoms with E-state index >= 15 is 0 Å². The second kappa shape index (κ2) is 5.27. The maximum Gasteiger partial charge on any atom is 0.416 e. The van der Waals surface area contributed by atoms with E-state index in [1.165, 1.54) is 6.07 Å². The molecule has 1 aromatic rings. The van der Waals surface area contributed by atoms with Gasteiger partial charge in [0.15, 0.2) is 0 Å². The van der Waals surface area contributed by atoms with Crippen molar-refractivity contribution < 1.29 is 27.9 Å². The van der Waals surface area contributed by atoms with Crippen LogP contribution in [0.4, 0.5) is 23.7 Å². The first-order valence-corrected chi connectivity index (χ1v) is 6.23. The van der Waals surface area contributed by atoms with Gasteiger partial charge in [0.1, 0.15) is 5.54 Å². The number of urea groups is 1. The Hall–Kier alpha value is -2.25. The fourth-order valence-electron chi connectivity index (χ4n) is 2.08. The number of aliphatic carboxylic acids is 1. The molecule has 21 heavy (non-hydrogen) atoms. The highest BCUT2D eigenvalue weighted by Gasteiger charge is 2.45. The molecule has 1 aromatic carbocycles. The van der Waals surface area contributed by atoms with Gasteiger partial charge in [0.2, 0.25) is 0 Å². The Morgan fingerprint density at radius 2 is 1.90 bits per heavy atom. The average Bonchev–Trinajstić information content (AvgIpc) is 2.32.